The lowest BCUT2D eigenvalue weighted by Crippen LogP contribution is -2.52. The van der Waals surface area contributed by atoms with Crippen molar-refractivity contribution in [1.29, 1.82) is 0 Å². The molecule has 0 fully saturated rings. The first-order valence-corrected chi connectivity index (χ1v) is 6.64. The Morgan fingerprint density at radius 3 is 2.15 bits per heavy atom. The number of hydrogen-bond acceptors (Lipinski definition) is 3. The molecule has 1 aromatic carbocycles. The summed E-state index contributed by atoms with van der Waals surface area (Å²) >= 11 is 3.20. The monoisotopic (exact) mass is 357 g/mol. The highest BCUT2D eigenvalue weighted by molar-refractivity contribution is 9.10. The zero-order chi connectivity index (χ0) is 15.1. The number of benzene rings is 1. The number of nitrogens with two attached hydrogens (primary N) is 1. The molecule has 112 valence electrons. The van der Waals surface area contributed by atoms with Crippen LogP contribution < -0.4 is 15.2 Å². The molecule has 8 heteroatoms. The zero-order valence-electron chi connectivity index (χ0n) is 10.4. The summed E-state index contributed by atoms with van der Waals surface area (Å²) in [6.45, 7) is 2.26. The molecule has 0 amide bonds. The Balaban J connectivity index is 2.42. The third-order valence-electron chi connectivity index (χ3n) is 3.01. The van der Waals surface area contributed by atoms with Gasteiger partial charge in [-0.05, 0) is 36.6 Å². The normalized spacial score (nSPS) is 20.6. The van der Waals surface area contributed by atoms with E-state index in [1.807, 2.05) is 6.92 Å². The van der Waals surface area contributed by atoms with E-state index in [-0.39, 0.29) is 5.92 Å². The summed E-state index contributed by atoms with van der Waals surface area (Å²) in [5, 5.41) is 0. The van der Waals surface area contributed by atoms with Crippen LogP contribution in [0.25, 0.3) is 0 Å². The molecule has 0 spiro atoms. The summed E-state index contributed by atoms with van der Waals surface area (Å²) < 4.78 is 60.9. The van der Waals surface area contributed by atoms with E-state index in [2.05, 4.69) is 25.4 Å². The Bertz CT molecular complexity index is 524. The molecule has 1 aliphatic heterocycles. The molecule has 1 aliphatic rings. The fourth-order valence-electron chi connectivity index (χ4n) is 1.89. The highest BCUT2D eigenvalue weighted by Gasteiger charge is 2.66. The van der Waals surface area contributed by atoms with Crippen LogP contribution in [-0.2, 0) is 0 Å². The molecule has 1 unspecified atom stereocenters. The summed E-state index contributed by atoms with van der Waals surface area (Å²) in [4.78, 5) is 0. The maximum absolute atomic E-state index is 13.1. The predicted molar refractivity (Wildman–Crippen MR) is 67.4 cm³/mol. The number of alkyl halides is 4. The average molecular weight is 358 g/mol. The Labute approximate surface area is 121 Å². The minimum absolute atomic E-state index is 0.0423. The van der Waals surface area contributed by atoms with E-state index in [1.54, 1.807) is 0 Å². The molecule has 0 bridgehead atoms. The molecule has 3 nitrogen and oxygen atoms in total. The van der Waals surface area contributed by atoms with E-state index in [1.165, 1.54) is 12.1 Å². The zero-order valence-corrected chi connectivity index (χ0v) is 12.0. The molecule has 1 heterocycles. The van der Waals surface area contributed by atoms with Gasteiger partial charge in [0.2, 0.25) is 0 Å². The van der Waals surface area contributed by atoms with Crippen molar-refractivity contribution < 1.29 is 27.0 Å². The number of rotatable bonds is 3. The second-order valence-corrected chi connectivity index (χ2v) is 5.39. The summed E-state index contributed by atoms with van der Waals surface area (Å²) in [6.07, 6.45) is -8.79. The van der Waals surface area contributed by atoms with Crippen LogP contribution >= 0.6 is 15.9 Å². The van der Waals surface area contributed by atoms with Crippen molar-refractivity contribution in [2.45, 2.75) is 31.5 Å². The van der Waals surface area contributed by atoms with Crippen molar-refractivity contribution in [2.75, 3.05) is 6.54 Å². The average Bonchev–Trinajstić information content (AvgIpc) is 2.30. The fourth-order valence-corrected chi connectivity index (χ4v) is 2.60. The summed E-state index contributed by atoms with van der Waals surface area (Å²) in [6, 6.07) is 2.46. The second-order valence-electron chi connectivity index (χ2n) is 4.54. The summed E-state index contributed by atoms with van der Waals surface area (Å²) in [5.41, 5.74) is 6.08. The van der Waals surface area contributed by atoms with Crippen LogP contribution in [0.1, 0.15) is 24.8 Å². The molecular formula is C12H12BrF4NO2. The number of halogens is 5. The van der Waals surface area contributed by atoms with Crippen LogP contribution in [0, 0.1) is 0 Å². The third-order valence-corrected chi connectivity index (χ3v) is 3.70. The van der Waals surface area contributed by atoms with Crippen molar-refractivity contribution in [3.05, 3.63) is 22.2 Å². The highest BCUT2D eigenvalue weighted by Crippen LogP contribution is 2.49. The molecule has 0 aromatic heterocycles. The van der Waals surface area contributed by atoms with Crippen LogP contribution in [0.15, 0.2) is 16.6 Å². The predicted octanol–water partition coefficient (Wildman–Crippen LogP) is 3.86. The smallest absolute Gasteiger partial charge is 0.421 e. The van der Waals surface area contributed by atoms with Crippen LogP contribution in [0.5, 0.6) is 11.5 Å². The standard InChI is InChI=1S/C12H12BrF4NO2/c1-6(2-3-18)7-4-9-10(5-8(7)13)20-12(16,17)11(14,15)19-9/h4-6H,2-3,18H2,1H3. The molecule has 0 saturated heterocycles. The molecular weight excluding hydrogens is 346 g/mol. The Hall–Kier alpha value is -1.02. The van der Waals surface area contributed by atoms with Gasteiger partial charge >= 0.3 is 12.2 Å². The first-order valence-electron chi connectivity index (χ1n) is 5.85. The van der Waals surface area contributed by atoms with E-state index in [0.717, 1.165) is 0 Å². The van der Waals surface area contributed by atoms with Crippen molar-refractivity contribution in [3.8, 4) is 11.5 Å². The maximum atomic E-state index is 13.1. The molecule has 20 heavy (non-hydrogen) atoms. The SMILES string of the molecule is CC(CCN)c1cc2c(cc1Br)OC(F)(F)C(F)(F)O2. The molecule has 2 rings (SSSR count). The van der Waals surface area contributed by atoms with E-state index in [4.69, 9.17) is 5.73 Å². The van der Waals surface area contributed by atoms with E-state index < -0.39 is 23.7 Å². The number of hydrogen-bond donors (Lipinski definition) is 1. The van der Waals surface area contributed by atoms with Gasteiger partial charge in [-0.2, -0.15) is 17.6 Å². The van der Waals surface area contributed by atoms with Crippen molar-refractivity contribution >= 4 is 15.9 Å². The molecule has 1 atom stereocenters. The Morgan fingerprint density at radius 2 is 1.65 bits per heavy atom. The van der Waals surface area contributed by atoms with Crippen molar-refractivity contribution in [2.24, 2.45) is 5.73 Å². The van der Waals surface area contributed by atoms with Gasteiger partial charge in [0.15, 0.2) is 11.5 Å². The molecule has 2 N–H and O–H groups in total. The van der Waals surface area contributed by atoms with Crippen LogP contribution in [0.4, 0.5) is 17.6 Å². The Kier molecular flexibility index (Phi) is 3.90. The molecule has 0 radical (unpaired) electrons. The summed E-state index contributed by atoms with van der Waals surface area (Å²) in [5.74, 6) is -0.890. The topological polar surface area (TPSA) is 44.5 Å². The van der Waals surface area contributed by atoms with Gasteiger partial charge in [-0.1, -0.05) is 22.9 Å². The van der Waals surface area contributed by atoms with Gasteiger partial charge in [0.05, 0.1) is 0 Å². The van der Waals surface area contributed by atoms with Crippen LogP contribution in [-0.4, -0.2) is 18.8 Å². The van der Waals surface area contributed by atoms with Crippen molar-refractivity contribution in [1.82, 2.24) is 0 Å². The van der Waals surface area contributed by atoms with E-state index >= 15 is 0 Å². The summed E-state index contributed by atoms with van der Waals surface area (Å²) in [7, 11) is 0. The number of ether oxygens (including phenoxy) is 2. The van der Waals surface area contributed by atoms with Gasteiger partial charge in [-0.25, -0.2) is 0 Å². The molecule has 0 saturated carbocycles. The van der Waals surface area contributed by atoms with Gasteiger partial charge < -0.3 is 15.2 Å². The lowest BCUT2D eigenvalue weighted by Gasteiger charge is -2.32. The van der Waals surface area contributed by atoms with Crippen molar-refractivity contribution in [3.63, 3.8) is 0 Å². The first-order chi connectivity index (χ1) is 9.18. The largest absolute Gasteiger partial charge is 0.507 e. The lowest BCUT2D eigenvalue weighted by molar-refractivity contribution is -0.391. The Morgan fingerprint density at radius 1 is 1.15 bits per heavy atom. The maximum Gasteiger partial charge on any atom is 0.507 e. The van der Waals surface area contributed by atoms with Crippen LogP contribution in [0.3, 0.4) is 0 Å². The van der Waals surface area contributed by atoms with E-state index in [9.17, 15) is 17.6 Å². The van der Waals surface area contributed by atoms with Gasteiger partial charge in [-0.15, -0.1) is 0 Å². The minimum Gasteiger partial charge on any atom is -0.421 e. The van der Waals surface area contributed by atoms with Gasteiger partial charge in [0, 0.05) is 4.47 Å². The first kappa shape index (κ1) is 15.4. The van der Waals surface area contributed by atoms with Gasteiger partial charge in [-0.3, -0.25) is 0 Å². The third kappa shape index (κ3) is 2.58. The lowest BCUT2D eigenvalue weighted by atomic mass is 9.97. The second kappa shape index (κ2) is 5.07. The number of fused-ring (bicyclic) bond motifs is 1. The molecule has 1 aromatic rings. The molecule has 0 aliphatic carbocycles. The van der Waals surface area contributed by atoms with Gasteiger partial charge in [0.1, 0.15) is 0 Å². The fraction of sp³-hybridized carbons (Fsp3) is 0.500. The van der Waals surface area contributed by atoms with Gasteiger partial charge in [0.25, 0.3) is 0 Å². The minimum atomic E-state index is -4.71. The quantitative estimate of drug-likeness (QED) is 0.835. The van der Waals surface area contributed by atoms with E-state index in [0.29, 0.717) is 23.0 Å². The van der Waals surface area contributed by atoms with Crippen LogP contribution in [0.2, 0.25) is 0 Å². The highest BCUT2D eigenvalue weighted by atomic mass is 79.9.